The average molecular weight is 485 g/mol. The smallest absolute Gasteiger partial charge is 0.224 e. The van der Waals surface area contributed by atoms with Crippen molar-refractivity contribution in [1.82, 2.24) is 9.80 Å². The highest BCUT2D eigenvalue weighted by Crippen LogP contribution is 2.24. The number of piperidine rings is 1. The second-order valence-electron chi connectivity index (χ2n) is 8.80. The summed E-state index contributed by atoms with van der Waals surface area (Å²) in [4.78, 5) is 30.1. The monoisotopic (exact) mass is 484 g/mol. The number of hydrogen-bond donors (Lipinski definition) is 0. The summed E-state index contributed by atoms with van der Waals surface area (Å²) in [7, 11) is 0. The van der Waals surface area contributed by atoms with E-state index in [0.29, 0.717) is 47.6 Å². The molecule has 184 valence electrons. The summed E-state index contributed by atoms with van der Waals surface area (Å²) < 4.78 is 46.2. The fourth-order valence-electron chi connectivity index (χ4n) is 4.21. The van der Waals surface area contributed by atoms with Gasteiger partial charge in [-0.15, -0.1) is 0 Å². The van der Waals surface area contributed by atoms with Crippen LogP contribution >= 0.6 is 0 Å². The normalized spacial score (nSPS) is 19.5. The summed E-state index contributed by atoms with van der Waals surface area (Å²) >= 11 is 0. The van der Waals surface area contributed by atoms with Crippen LogP contribution in [0.3, 0.4) is 0 Å². The van der Waals surface area contributed by atoms with Gasteiger partial charge in [-0.3, -0.25) is 14.5 Å². The van der Waals surface area contributed by atoms with E-state index in [0.717, 1.165) is 25.2 Å². The van der Waals surface area contributed by atoms with Gasteiger partial charge in [0.25, 0.3) is 0 Å². The molecule has 2 aliphatic rings. The third kappa shape index (κ3) is 6.26. The summed E-state index contributed by atoms with van der Waals surface area (Å²) in [6.07, 6.45) is 3.42. The Bertz CT molecular complexity index is 1110. The van der Waals surface area contributed by atoms with Gasteiger partial charge in [0, 0.05) is 50.3 Å². The third-order valence-electron chi connectivity index (χ3n) is 6.21. The Morgan fingerprint density at radius 1 is 0.914 bits per heavy atom. The third-order valence-corrected chi connectivity index (χ3v) is 6.21. The first-order valence-corrected chi connectivity index (χ1v) is 11.5. The molecule has 2 fully saturated rings. The Morgan fingerprint density at radius 2 is 1.51 bits per heavy atom. The molecule has 2 aromatic carbocycles. The molecule has 2 aliphatic heterocycles. The number of benzene rings is 2. The molecule has 0 aromatic heterocycles. The summed E-state index contributed by atoms with van der Waals surface area (Å²) in [5, 5.41) is 0. The molecule has 4 rings (SSSR count). The van der Waals surface area contributed by atoms with Gasteiger partial charge in [-0.05, 0) is 60.0 Å². The van der Waals surface area contributed by atoms with E-state index >= 15 is 0 Å². The first kappa shape index (κ1) is 24.9. The first-order valence-electron chi connectivity index (χ1n) is 11.5. The van der Waals surface area contributed by atoms with Crippen molar-refractivity contribution in [1.29, 1.82) is 0 Å². The van der Waals surface area contributed by atoms with E-state index in [-0.39, 0.29) is 37.0 Å². The van der Waals surface area contributed by atoms with E-state index in [4.69, 9.17) is 4.74 Å². The van der Waals surface area contributed by atoms with Crippen LogP contribution in [0.5, 0.6) is 0 Å². The van der Waals surface area contributed by atoms with Crippen molar-refractivity contribution in [2.75, 3.05) is 45.9 Å². The van der Waals surface area contributed by atoms with Crippen molar-refractivity contribution in [3.05, 3.63) is 81.7 Å². The maximum atomic E-state index is 13.7. The number of carbonyl (C=O) groups is 2. The van der Waals surface area contributed by atoms with Crippen molar-refractivity contribution < 1.29 is 27.5 Å². The SMILES string of the molecule is Cc1cc(/C=C2\CN(C(=O)CCN3CCOCC3)C/C(=C\c3ccc(F)c(F)c3)C2=O)ccc1F. The molecule has 0 spiro atoms. The van der Waals surface area contributed by atoms with Gasteiger partial charge >= 0.3 is 0 Å². The van der Waals surface area contributed by atoms with Crippen LogP contribution in [0.4, 0.5) is 13.2 Å². The number of ether oxygens (including phenoxy) is 1. The molecular weight excluding hydrogens is 457 g/mol. The maximum absolute atomic E-state index is 13.7. The molecule has 2 heterocycles. The van der Waals surface area contributed by atoms with Gasteiger partial charge in [0.15, 0.2) is 17.4 Å². The summed E-state index contributed by atoms with van der Waals surface area (Å²) in [6.45, 7) is 5.21. The van der Waals surface area contributed by atoms with E-state index in [1.54, 1.807) is 30.0 Å². The fourth-order valence-corrected chi connectivity index (χ4v) is 4.21. The van der Waals surface area contributed by atoms with Crippen molar-refractivity contribution in [3.8, 4) is 0 Å². The topological polar surface area (TPSA) is 49.9 Å². The molecule has 0 N–H and O–H groups in total. The van der Waals surface area contributed by atoms with Crippen molar-refractivity contribution >= 4 is 23.8 Å². The number of amides is 1. The number of halogens is 3. The number of morpholine rings is 1. The average Bonchev–Trinajstić information content (AvgIpc) is 2.85. The van der Waals surface area contributed by atoms with E-state index in [2.05, 4.69) is 4.90 Å². The van der Waals surface area contributed by atoms with Crippen LogP contribution in [0.2, 0.25) is 0 Å². The predicted octanol–water partition coefficient (Wildman–Crippen LogP) is 4.01. The van der Waals surface area contributed by atoms with Crippen molar-refractivity contribution in [2.24, 2.45) is 0 Å². The molecule has 8 heteroatoms. The number of aryl methyl sites for hydroxylation is 1. The van der Waals surface area contributed by atoms with Gasteiger partial charge < -0.3 is 9.64 Å². The molecule has 0 saturated carbocycles. The lowest BCUT2D eigenvalue weighted by Gasteiger charge is -2.31. The lowest BCUT2D eigenvalue weighted by Crippen LogP contribution is -2.44. The Hall–Kier alpha value is -3.23. The predicted molar refractivity (Wildman–Crippen MR) is 127 cm³/mol. The van der Waals surface area contributed by atoms with E-state index < -0.39 is 11.6 Å². The summed E-state index contributed by atoms with van der Waals surface area (Å²) in [5.74, 6) is -2.73. The number of likely N-dealkylation sites (tertiary alicyclic amines) is 1. The lowest BCUT2D eigenvalue weighted by atomic mass is 9.93. The molecule has 0 bridgehead atoms. The molecule has 1 amide bonds. The maximum Gasteiger partial charge on any atom is 0.224 e. The number of hydrogen-bond acceptors (Lipinski definition) is 4. The first-order chi connectivity index (χ1) is 16.8. The fraction of sp³-hybridized carbons (Fsp3) is 0.333. The number of rotatable bonds is 5. The highest BCUT2D eigenvalue weighted by molar-refractivity contribution is 6.15. The zero-order valence-corrected chi connectivity index (χ0v) is 19.5. The minimum Gasteiger partial charge on any atom is -0.379 e. The van der Waals surface area contributed by atoms with Crippen LogP contribution in [-0.4, -0.2) is 67.4 Å². The van der Waals surface area contributed by atoms with E-state index in [9.17, 15) is 22.8 Å². The van der Waals surface area contributed by atoms with Crippen LogP contribution in [0, 0.1) is 24.4 Å². The second kappa shape index (κ2) is 11.0. The van der Waals surface area contributed by atoms with Crippen LogP contribution < -0.4 is 0 Å². The molecule has 2 aromatic rings. The molecule has 0 unspecified atom stereocenters. The van der Waals surface area contributed by atoms with Gasteiger partial charge in [0.2, 0.25) is 5.91 Å². The van der Waals surface area contributed by atoms with Crippen molar-refractivity contribution in [3.63, 3.8) is 0 Å². The van der Waals surface area contributed by atoms with Crippen LogP contribution in [0.25, 0.3) is 12.2 Å². The minimum absolute atomic E-state index is 0.0690. The van der Waals surface area contributed by atoms with Crippen molar-refractivity contribution in [2.45, 2.75) is 13.3 Å². The standard InChI is InChI=1S/C27H27F3N2O3/c1-18-12-19(2-4-23(18)28)13-21-16-32(26(33)6-7-31-8-10-35-11-9-31)17-22(27(21)34)14-20-3-5-24(29)25(30)15-20/h2-5,12-15H,6-11,16-17H2,1H3/b21-13+,22-14+. The Kier molecular flexibility index (Phi) is 7.83. The lowest BCUT2D eigenvalue weighted by molar-refractivity contribution is -0.131. The van der Waals surface area contributed by atoms with Gasteiger partial charge in [-0.1, -0.05) is 12.1 Å². The Labute approximate surface area is 202 Å². The number of ketones is 1. The number of carbonyl (C=O) groups excluding carboxylic acids is 2. The minimum atomic E-state index is -1.02. The van der Waals surface area contributed by atoms with Gasteiger partial charge in [0.1, 0.15) is 5.82 Å². The summed E-state index contributed by atoms with van der Waals surface area (Å²) in [6, 6.07) is 7.93. The van der Waals surface area contributed by atoms with Gasteiger partial charge in [-0.25, -0.2) is 13.2 Å². The quantitative estimate of drug-likeness (QED) is 0.602. The van der Waals surface area contributed by atoms with Gasteiger partial charge in [-0.2, -0.15) is 0 Å². The molecule has 35 heavy (non-hydrogen) atoms. The zero-order valence-electron chi connectivity index (χ0n) is 19.5. The Balaban J connectivity index is 1.60. The molecule has 2 saturated heterocycles. The molecule has 0 aliphatic carbocycles. The zero-order chi connectivity index (χ0) is 24.9. The largest absolute Gasteiger partial charge is 0.379 e. The molecule has 0 atom stereocenters. The van der Waals surface area contributed by atoms with Crippen LogP contribution in [0.1, 0.15) is 23.1 Å². The second-order valence-corrected chi connectivity index (χ2v) is 8.80. The number of nitrogens with zero attached hydrogens (tertiary/aromatic N) is 2. The van der Waals surface area contributed by atoms with E-state index in [1.807, 2.05) is 0 Å². The highest BCUT2D eigenvalue weighted by atomic mass is 19.2. The summed E-state index contributed by atoms with van der Waals surface area (Å²) in [5.41, 5.74) is 2.08. The van der Waals surface area contributed by atoms with Crippen LogP contribution in [0.15, 0.2) is 47.5 Å². The number of Topliss-reactive ketones (excluding diaryl/α,β-unsaturated/α-hetero) is 1. The molecular formula is C27H27F3N2O3. The van der Waals surface area contributed by atoms with Gasteiger partial charge in [0.05, 0.1) is 13.2 Å². The molecule has 5 nitrogen and oxygen atoms in total. The Morgan fingerprint density at radius 3 is 2.11 bits per heavy atom. The molecule has 0 radical (unpaired) electrons. The highest BCUT2D eigenvalue weighted by Gasteiger charge is 2.29. The van der Waals surface area contributed by atoms with Crippen LogP contribution in [-0.2, 0) is 14.3 Å². The van der Waals surface area contributed by atoms with E-state index in [1.165, 1.54) is 18.2 Å².